The highest BCUT2D eigenvalue weighted by Gasteiger charge is 2.20. The molecule has 0 unspecified atom stereocenters. The number of benzene rings is 1. The minimum atomic E-state index is 1.06. The quantitative estimate of drug-likeness (QED) is 0.665. The van der Waals surface area contributed by atoms with Crippen LogP contribution in [0.15, 0.2) is 41.9 Å². The van der Waals surface area contributed by atoms with Gasteiger partial charge in [-0.1, -0.05) is 18.2 Å². The molecule has 0 aliphatic carbocycles. The van der Waals surface area contributed by atoms with Crippen LogP contribution in [0.25, 0.3) is 10.6 Å². The first-order valence-corrected chi connectivity index (χ1v) is 10.6. The van der Waals surface area contributed by atoms with Crippen LogP contribution in [0.3, 0.4) is 0 Å². The zero-order valence-corrected chi connectivity index (χ0v) is 17.3. The Labute approximate surface area is 166 Å². The molecule has 4 rings (SSSR count). The van der Waals surface area contributed by atoms with Crippen molar-refractivity contribution in [2.75, 3.05) is 37.6 Å². The van der Waals surface area contributed by atoms with Gasteiger partial charge in [0.05, 0.1) is 16.8 Å². The predicted molar refractivity (Wildman–Crippen MR) is 115 cm³/mol. The van der Waals surface area contributed by atoms with Crippen LogP contribution in [-0.4, -0.2) is 47.4 Å². The Morgan fingerprint density at radius 3 is 2.59 bits per heavy atom. The summed E-state index contributed by atoms with van der Waals surface area (Å²) in [7, 11) is 2.04. The average Bonchev–Trinajstić information content (AvgIpc) is 3.32. The summed E-state index contributed by atoms with van der Waals surface area (Å²) in [6, 6.07) is 10.9. The predicted octanol–water partition coefficient (Wildman–Crippen LogP) is 4.13. The fourth-order valence-electron chi connectivity index (χ4n) is 3.97. The first-order valence-electron chi connectivity index (χ1n) is 9.72. The molecular formula is C22H28N4S. The average molecular weight is 381 g/mol. The van der Waals surface area contributed by atoms with Crippen molar-refractivity contribution in [2.45, 2.75) is 20.3 Å². The molecule has 2 aromatic heterocycles. The molecule has 5 heteroatoms. The van der Waals surface area contributed by atoms with Gasteiger partial charge in [0.25, 0.3) is 0 Å². The molecule has 0 amide bonds. The maximum atomic E-state index is 4.50. The molecule has 1 aliphatic rings. The van der Waals surface area contributed by atoms with Crippen molar-refractivity contribution in [1.82, 2.24) is 14.7 Å². The third kappa shape index (κ3) is 3.80. The second-order valence-corrected chi connectivity index (χ2v) is 8.36. The summed E-state index contributed by atoms with van der Waals surface area (Å²) in [4.78, 5) is 6.44. The molecule has 1 aliphatic heterocycles. The number of hydrogen-bond donors (Lipinski definition) is 0. The van der Waals surface area contributed by atoms with E-state index < -0.39 is 0 Å². The van der Waals surface area contributed by atoms with Gasteiger partial charge in [-0.05, 0) is 48.9 Å². The third-order valence-corrected chi connectivity index (χ3v) is 6.63. The lowest BCUT2D eigenvalue weighted by atomic mass is 10.1. The monoisotopic (exact) mass is 380 g/mol. The number of anilines is 1. The molecule has 3 aromatic rings. The topological polar surface area (TPSA) is 24.3 Å². The lowest BCUT2D eigenvalue weighted by Gasteiger charge is -2.37. The Morgan fingerprint density at radius 1 is 1.04 bits per heavy atom. The number of piperazine rings is 1. The van der Waals surface area contributed by atoms with Crippen molar-refractivity contribution in [3.63, 3.8) is 0 Å². The maximum Gasteiger partial charge on any atom is 0.0811 e. The van der Waals surface area contributed by atoms with E-state index in [2.05, 4.69) is 64.5 Å². The Kier molecular flexibility index (Phi) is 5.32. The molecule has 142 valence electrons. The highest BCUT2D eigenvalue weighted by atomic mass is 32.1. The normalized spacial score (nSPS) is 15.4. The first kappa shape index (κ1) is 18.3. The van der Waals surface area contributed by atoms with E-state index in [1.54, 1.807) is 11.3 Å². The van der Waals surface area contributed by atoms with E-state index in [-0.39, 0.29) is 0 Å². The zero-order chi connectivity index (χ0) is 18.8. The van der Waals surface area contributed by atoms with Crippen molar-refractivity contribution >= 4 is 17.0 Å². The maximum absolute atomic E-state index is 4.50. The fourth-order valence-corrected chi connectivity index (χ4v) is 4.80. The van der Waals surface area contributed by atoms with Crippen LogP contribution in [0, 0.1) is 13.8 Å². The SMILES string of the molecule is Cc1cccc(N2CCN(CCc3cnn(C)c3-c3cccs3)CC2)c1C. The largest absolute Gasteiger partial charge is 0.369 e. The number of hydrogen-bond acceptors (Lipinski definition) is 4. The molecule has 4 nitrogen and oxygen atoms in total. The van der Waals surface area contributed by atoms with Crippen molar-refractivity contribution in [3.8, 4) is 10.6 Å². The van der Waals surface area contributed by atoms with Gasteiger partial charge in [0.1, 0.15) is 0 Å². The summed E-state index contributed by atoms with van der Waals surface area (Å²) in [6.45, 7) is 10.0. The Morgan fingerprint density at radius 2 is 1.85 bits per heavy atom. The van der Waals surface area contributed by atoms with Crippen LogP contribution in [0.2, 0.25) is 0 Å². The van der Waals surface area contributed by atoms with Crippen molar-refractivity contribution in [3.05, 3.63) is 58.6 Å². The highest BCUT2D eigenvalue weighted by Crippen LogP contribution is 2.28. The standard InChI is InChI=1S/C22H28N4S/c1-17-6-4-7-20(18(17)2)26-13-11-25(12-14-26)10-9-19-16-23-24(3)22(19)21-8-5-15-27-21/h4-8,15-16H,9-14H2,1-3H3. The molecule has 1 saturated heterocycles. The molecule has 0 N–H and O–H groups in total. The van der Waals surface area contributed by atoms with E-state index in [1.165, 1.54) is 32.9 Å². The van der Waals surface area contributed by atoms with Gasteiger partial charge in [0.15, 0.2) is 0 Å². The third-order valence-electron chi connectivity index (χ3n) is 5.76. The van der Waals surface area contributed by atoms with Crippen LogP contribution < -0.4 is 4.90 Å². The summed E-state index contributed by atoms with van der Waals surface area (Å²) >= 11 is 1.79. The summed E-state index contributed by atoms with van der Waals surface area (Å²) < 4.78 is 2.01. The molecule has 0 atom stereocenters. The lowest BCUT2D eigenvalue weighted by molar-refractivity contribution is 0.261. The number of aryl methyl sites for hydroxylation is 2. The van der Waals surface area contributed by atoms with Crippen LogP contribution in [0.1, 0.15) is 16.7 Å². The molecule has 0 radical (unpaired) electrons. The van der Waals surface area contributed by atoms with Gasteiger partial charge in [0, 0.05) is 51.0 Å². The van der Waals surface area contributed by atoms with E-state index in [1.807, 2.05) is 17.9 Å². The molecule has 0 spiro atoms. The van der Waals surface area contributed by atoms with E-state index in [9.17, 15) is 0 Å². The molecular weight excluding hydrogens is 352 g/mol. The highest BCUT2D eigenvalue weighted by molar-refractivity contribution is 7.13. The molecule has 1 fully saturated rings. The van der Waals surface area contributed by atoms with E-state index in [0.717, 1.165) is 39.1 Å². The second kappa shape index (κ2) is 7.87. The summed E-state index contributed by atoms with van der Waals surface area (Å²) in [5.41, 5.74) is 6.84. The molecule has 1 aromatic carbocycles. The molecule has 0 saturated carbocycles. The lowest BCUT2D eigenvalue weighted by Crippen LogP contribution is -2.47. The van der Waals surface area contributed by atoms with Gasteiger partial charge in [-0.3, -0.25) is 9.58 Å². The smallest absolute Gasteiger partial charge is 0.0811 e. The molecule has 0 bridgehead atoms. The zero-order valence-electron chi connectivity index (χ0n) is 16.5. The van der Waals surface area contributed by atoms with Crippen molar-refractivity contribution < 1.29 is 0 Å². The van der Waals surface area contributed by atoms with Crippen LogP contribution in [0.4, 0.5) is 5.69 Å². The minimum Gasteiger partial charge on any atom is -0.369 e. The first-order chi connectivity index (χ1) is 13.1. The van der Waals surface area contributed by atoms with Gasteiger partial charge in [-0.25, -0.2) is 0 Å². The summed E-state index contributed by atoms with van der Waals surface area (Å²) in [5.74, 6) is 0. The number of rotatable bonds is 5. The van der Waals surface area contributed by atoms with Crippen LogP contribution in [0.5, 0.6) is 0 Å². The fraction of sp³-hybridized carbons (Fsp3) is 0.409. The number of aromatic nitrogens is 2. The summed E-state index contributed by atoms with van der Waals surface area (Å²) in [5, 5.41) is 6.64. The van der Waals surface area contributed by atoms with Gasteiger partial charge < -0.3 is 4.90 Å². The second-order valence-electron chi connectivity index (χ2n) is 7.42. The number of thiophene rings is 1. The van der Waals surface area contributed by atoms with Crippen LogP contribution in [-0.2, 0) is 13.5 Å². The Bertz CT molecular complexity index is 889. The van der Waals surface area contributed by atoms with Gasteiger partial charge >= 0.3 is 0 Å². The molecule has 3 heterocycles. The van der Waals surface area contributed by atoms with Gasteiger partial charge in [0.2, 0.25) is 0 Å². The minimum absolute atomic E-state index is 1.06. The number of nitrogens with zero attached hydrogens (tertiary/aromatic N) is 4. The van der Waals surface area contributed by atoms with Crippen molar-refractivity contribution in [2.24, 2.45) is 7.05 Å². The Hall–Kier alpha value is -2.11. The van der Waals surface area contributed by atoms with Gasteiger partial charge in [-0.2, -0.15) is 5.10 Å². The van der Waals surface area contributed by atoms with Gasteiger partial charge in [-0.15, -0.1) is 11.3 Å². The van der Waals surface area contributed by atoms with Crippen LogP contribution >= 0.6 is 11.3 Å². The van der Waals surface area contributed by atoms with E-state index in [4.69, 9.17) is 0 Å². The van der Waals surface area contributed by atoms with Crippen molar-refractivity contribution in [1.29, 1.82) is 0 Å². The Balaban J connectivity index is 1.36. The van der Waals surface area contributed by atoms with E-state index >= 15 is 0 Å². The molecule has 27 heavy (non-hydrogen) atoms. The van der Waals surface area contributed by atoms with E-state index in [0.29, 0.717) is 0 Å². The summed E-state index contributed by atoms with van der Waals surface area (Å²) in [6.07, 6.45) is 3.10.